The molecule has 10 nitrogen and oxygen atoms in total. The Morgan fingerprint density at radius 1 is 1.32 bits per heavy atom. The Bertz CT molecular complexity index is 1700. The van der Waals surface area contributed by atoms with Gasteiger partial charge in [-0.2, -0.15) is 10.4 Å². The van der Waals surface area contributed by atoms with Gasteiger partial charge in [-0.05, 0) is 45.7 Å². The van der Waals surface area contributed by atoms with Crippen molar-refractivity contribution >= 4 is 27.7 Å². The van der Waals surface area contributed by atoms with E-state index in [4.69, 9.17) is 4.74 Å². The molecule has 0 spiro atoms. The number of imidazole rings is 1. The lowest BCUT2D eigenvalue weighted by Gasteiger charge is -2.38. The number of aromatic amines is 1. The van der Waals surface area contributed by atoms with Crippen LogP contribution in [0.25, 0.3) is 21.8 Å². The lowest BCUT2D eigenvalue weighted by atomic mass is 9.84. The summed E-state index contributed by atoms with van der Waals surface area (Å²) in [5, 5.41) is 25.7. The fraction of sp³-hybridized carbons (Fsp3) is 0.433. The Labute approximate surface area is 236 Å². The van der Waals surface area contributed by atoms with E-state index in [-0.39, 0.29) is 48.3 Å². The van der Waals surface area contributed by atoms with Crippen molar-refractivity contribution in [3.8, 4) is 11.8 Å². The Kier molecular flexibility index (Phi) is 7.78. The van der Waals surface area contributed by atoms with E-state index in [2.05, 4.69) is 21.1 Å². The molecule has 1 aliphatic heterocycles. The fourth-order valence-electron chi connectivity index (χ4n) is 5.30. The fourth-order valence-corrected chi connectivity index (χ4v) is 5.30. The number of rotatable bonds is 8. The van der Waals surface area contributed by atoms with Gasteiger partial charge in [0.25, 0.3) is 5.56 Å². The molecule has 41 heavy (non-hydrogen) atoms. The number of H-pyrrole nitrogens is 1. The summed E-state index contributed by atoms with van der Waals surface area (Å²) in [6.07, 6.45) is 0.659. The number of piperidine rings is 1. The molecule has 1 aliphatic rings. The number of halogens is 1. The quantitative estimate of drug-likeness (QED) is 0.337. The number of carbonyl (C=O) groups excluding carboxylic acids is 1. The number of fused-ring (bicyclic) bond motifs is 2. The number of nitrogens with one attached hydrogen (secondary N) is 1. The summed E-state index contributed by atoms with van der Waals surface area (Å²) in [5.74, 6) is 0.525. The van der Waals surface area contributed by atoms with Crippen LogP contribution >= 0.6 is 0 Å². The summed E-state index contributed by atoms with van der Waals surface area (Å²) in [5.41, 5.74) is 0.706. The predicted molar refractivity (Wildman–Crippen MR) is 151 cm³/mol. The Balaban J connectivity index is 1.45. The third-order valence-electron chi connectivity index (χ3n) is 7.56. The molecule has 0 bridgehead atoms. The number of benzene rings is 2. The second kappa shape index (κ2) is 11.3. The minimum absolute atomic E-state index is 0.0435. The average molecular weight is 561 g/mol. The van der Waals surface area contributed by atoms with Gasteiger partial charge in [0.15, 0.2) is 0 Å². The van der Waals surface area contributed by atoms with Crippen LogP contribution in [0.5, 0.6) is 5.75 Å². The maximum absolute atomic E-state index is 13.3. The van der Waals surface area contributed by atoms with Crippen LogP contribution in [0.4, 0.5) is 4.39 Å². The molecule has 11 heteroatoms. The molecule has 0 radical (unpaired) electrons. The van der Waals surface area contributed by atoms with E-state index in [9.17, 15) is 24.3 Å². The van der Waals surface area contributed by atoms with E-state index in [1.165, 1.54) is 11.6 Å². The summed E-state index contributed by atoms with van der Waals surface area (Å²) in [6, 6.07) is 12.4. The minimum Gasteiger partial charge on any atom is -0.489 e. The standard InChI is InChI=1S/C30H33FN6O4/c1-18(31)17-41-26-12-25-24(11-19(26)14-32)33-27(34-25)13-23-21-8-4-5-9-22(21)29(39)37(35-23)16-28(38)36-10-6-7-20(15-36)30(2,3)40/h4-5,8-9,11-12,18,20,40H,6-7,10,13,15-17H2,1-3H3,(H,33,34). The molecule has 2 aromatic carbocycles. The Morgan fingerprint density at radius 3 is 2.78 bits per heavy atom. The van der Waals surface area contributed by atoms with Crippen LogP contribution in [-0.4, -0.2) is 67.1 Å². The molecule has 2 atom stereocenters. The number of ether oxygens (including phenoxy) is 1. The normalized spacial score (nSPS) is 16.6. The first-order valence-corrected chi connectivity index (χ1v) is 13.7. The molecule has 214 valence electrons. The number of likely N-dealkylation sites (tertiary alicyclic amines) is 1. The van der Waals surface area contributed by atoms with E-state index in [0.717, 1.165) is 12.8 Å². The van der Waals surface area contributed by atoms with Gasteiger partial charge in [0.05, 0.1) is 39.7 Å². The summed E-state index contributed by atoms with van der Waals surface area (Å²) in [4.78, 5) is 36.1. The largest absolute Gasteiger partial charge is 0.489 e. The minimum atomic E-state index is -1.19. The van der Waals surface area contributed by atoms with Gasteiger partial charge in [0, 0.05) is 30.5 Å². The van der Waals surface area contributed by atoms with Crippen LogP contribution in [0.1, 0.15) is 50.7 Å². The molecule has 2 unspecified atom stereocenters. The first-order valence-electron chi connectivity index (χ1n) is 13.7. The molecule has 2 N–H and O–H groups in total. The maximum Gasteiger partial charge on any atom is 0.275 e. The molecular formula is C30H33FN6O4. The van der Waals surface area contributed by atoms with Crippen molar-refractivity contribution in [1.29, 1.82) is 5.26 Å². The van der Waals surface area contributed by atoms with Crippen LogP contribution < -0.4 is 10.3 Å². The van der Waals surface area contributed by atoms with E-state index in [1.807, 2.05) is 12.1 Å². The second-order valence-corrected chi connectivity index (χ2v) is 11.2. The zero-order valence-electron chi connectivity index (χ0n) is 23.4. The highest BCUT2D eigenvalue weighted by atomic mass is 19.1. The Morgan fingerprint density at radius 2 is 2.07 bits per heavy atom. The van der Waals surface area contributed by atoms with E-state index in [1.54, 1.807) is 43.0 Å². The van der Waals surface area contributed by atoms with Crippen LogP contribution in [0.2, 0.25) is 0 Å². The van der Waals surface area contributed by atoms with Crippen LogP contribution in [-0.2, 0) is 17.8 Å². The predicted octanol–water partition coefficient (Wildman–Crippen LogP) is 3.48. The number of amides is 1. The number of nitrogens with zero attached hydrogens (tertiary/aromatic N) is 5. The highest BCUT2D eigenvalue weighted by Gasteiger charge is 2.33. The molecule has 0 saturated carbocycles. The smallest absolute Gasteiger partial charge is 0.275 e. The average Bonchev–Trinajstić information content (AvgIpc) is 3.34. The summed E-state index contributed by atoms with van der Waals surface area (Å²) in [7, 11) is 0. The van der Waals surface area contributed by atoms with Gasteiger partial charge in [0.2, 0.25) is 5.91 Å². The number of nitriles is 1. The zero-order chi connectivity index (χ0) is 29.3. The van der Waals surface area contributed by atoms with Crippen molar-refractivity contribution in [2.45, 2.75) is 58.4 Å². The van der Waals surface area contributed by atoms with Crippen molar-refractivity contribution in [3.63, 3.8) is 0 Å². The number of aliphatic hydroxyl groups is 1. The number of carbonyl (C=O) groups is 1. The number of aromatic nitrogens is 4. The number of hydrogen-bond donors (Lipinski definition) is 2. The molecule has 2 aromatic heterocycles. The van der Waals surface area contributed by atoms with Crippen molar-refractivity contribution in [1.82, 2.24) is 24.6 Å². The highest BCUT2D eigenvalue weighted by molar-refractivity contribution is 5.85. The van der Waals surface area contributed by atoms with Gasteiger partial charge in [-0.1, -0.05) is 18.2 Å². The molecule has 1 amide bonds. The lowest BCUT2D eigenvalue weighted by Crippen LogP contribution is -2.48. The van der Waals surface area contributed by atoms with Crippen molar-refractivity contribution < 1.29 is 19.0 Å². The van der Waals surface area contributed by atoms with Crippen molar-refractivity contribution in [3.05, 3.63) is 63.8 Å². The van der Waals surface area contributed by atoms with Crippen LogP contribution in [0.15, 0.2) is 41.2 Å². The van der Waals surface area contributed by atoms with Gasteiger partial charge in [0.1, 0.15) is 37.0 Å². The van der Waals surface area contributed by atoms with Gasteiger partial charge >= 0.3 is 0 Å². The highest BCUT2D eigenvalue weighted by Crippen LogP contribution is 2.28. The first-order chi connectivity index (χ1) is 19.5. The molecule has 3 heterocycles. The summed E-state index contributed by atoms with van der Waals surface area (Å²) < 4.78 is 20.0. The third-order valence-corrected chi connectivity index (χ3v) is 7.56. The monoisotopic (exact) mass is 560 g/mol. The molecular weight excluding hydrogens is 527 g/mol. The first kappa shape index (κ1) is 28.2. The second-order valence-electron chi connectivity index (χ2n) is 11.2. The zero-order valence-corrected chi connectivity index (χ0v) is 23.4. The third kappa shape index (κ3) is 6.07. The molecule has 1 saturated heterocycles. The van der Waals surface area contributed by atoms with E-state index >= 15 is 0 Å². The van der Waals surface area contributed by atoms with E-state index < -0.39 is 11.8 Å². The van der Waals surface area contributed by atoms with Crippen LogP contribution in [0, 0.1) is 17.2 Å². The van der Waals surface area contributed by atoms with E-state index in [0.29, 0.717) is 46.4 Å². The molecule has 1 fully saturated rings. The lowest BCUT2D eigenvalue weighted by molar-refractivity contribution is -0.136. The molecule has 4 aromatic rings. The topological polar surface area (TPSA) is 137 Å². The van der Waals surface area contributed by atoms with Crippen molar-refractivity contribution in [2.24, 2.45) is 5.92 Å². The van der Waals surface area contributed by atoms with Gasteiger partial charge < -0.3 is 19.7 Å². The van der Waals surface area contributed by atoms with Gasteiger partial charge in [-0.25, -0.2) is 14.1 Å². The molecule has 0 aliphatic carbocycles. The number of hydrogen-bond acceptors (Lipinski definition) is 7. The van der Waals surface area contributed by atoms with Crippen molar-refractivity contribution in [2.75, 3.05) is 19.7 Å². The van der Waals surface area contributed by atoms with Crippen LogP contribution in [0.3, 0.4) is 0 Å². The Hall–Kier alpha value is -4.30. The molecule has 5 rings (SSSR count). The summed E-state index contributed by atoms with van der Waals surface area (Å²) in [6.45, 7) is 5.49. The SMILES string of the molecule is CC(F)COc1cc2nc(Cc3nn(CC(=O)N4CCCC(C(C)(C)O)C4)c(=O)c4ccccc34)[nH]c2cc1C#N. The van der Waals surface area contributed by atoms with Gasteiger partial charge in [-0.3, -0.25) is 9.59 Å². The van der Waals surface area contributed by atoms with Gasteiger partial charge in [-0.15, -0.1) is 0 Å². The summed E-state index contributed by atoms with van der Waals surface area (Å²) >= 11 is 0. The number of alkyl halides is 1. The maximum atomic E-state index is 13.3.